The molecule has 1 aromatic heterocycles. The number of fused-ring (bicyclic) bond motifs is 1. The van der Waals surface area contributed by atoms with E-state index in [0.29, 0.717) is 36.7 Å². The van der Waals surface area contributed by atoms with Crippen LogP contribution in [0.2, 0.25) is 5.02 Å². The summed E-state index contributed by atoms with van der Waals surface area (Å²) in [4.78, 5) is 13.4. The Morgan fingerprint density at radius 3 is 3.03 bits per heavy atom. The summed E-state index contributed by atoms with van der Waals surface area (Å²) >= 11 is 9.56. The zero-order valence-corrected chi connectivity index (χ0v) is 18.4. The standard InChI is InChI=1S/C20H21BrClFN4O2/c1-11-8-20(4-3-5-27(20)9-11)10-29-19-24-16-12-17(14(22)13(21)15(16)23)28-7-6-26(2)18(12)25-19/h1,3-10H2,2H3/t20-/m0/s1. The molecule has 2 fully saturated rings. The first-order valence-electron chi connectivity index (χ1n) is 9.66. The molecule has 0 unspecified atom stereocenters. The van der Waals surface area contributed by atoms with Crippen molar-refractivity contribution in [2.45, 2.75) is 24.8 Å². The maximum atomic E-state index is 15.1. The average molecular weight is 484 g/mol. The molecule has 0 amide bonds. The molecule has 1 aromatic carbocycles. The van der Waals surface area contributed by atoms with Crippen LogP contribution < -0.4 is 14.4 Å². The van der Waals surface area contributed by atoms with Gasteiger partial charge in [-0.25, -0.2) is 4.39 Å². The second-order valence-corrected chi connectivity index (χ2v) is 9.23. The molecule has 154 valence electrons. The van der Waals surface area contributed by atoms with Gasteiger partial charge in [0.05, 0.1) is 21.9 Å². The van der Waals surface area contributed by atoms with Gasteiger partial charge in [-0.05, 0) is 41.7 Å². The topological polar surface area (TPSA) is 50.7 Å². The van der Waals surface area contributed by atoms with Gasteiger partial charge >= 0.3 is 6.01 Å². The van der Waals surface area contributed by atoms with Crippen molar-refractivity contribution < 1.29 is 13.9 Å². The summed E-state index contributed by atoms with van der Waals surface area (Å²) in [6, 6.07) is 0.166. The highest BCUT2D eigenvalue weighted by Gasteiger charge is 2.46. The number of ether oxygens (including phenoxy) is 2. The third-order valence-corrected chi connectivity index (χ3v) is 7.46. The number of halogens is 3. The molecule has 4 heterocycles. The molecule has 3 aliphatic heterocycles. The number of nitrogens with zero attached hydrogens (tertiary/aromatic N) is 4. The fourth-order valence-electron chi connectivity index (χ4n) is 4.72. The van der Waals surface area contributed by atoms with Crippen LogP contribution in [0.15, 0.2) is 16.6 Å². The maximum Gasteiger partial charge on any atom is 0.319 e. The van der Waals surface area contributed by atoms with Crippen molar-refractivity contribution >= 4 is 44.3 Å². The molecular weight excluding hydrogens is 463 g/mol. The van der Waals surface area contributed by atoms with Crippen molar-refractivity contribution in [3.05, 3.63) is 27.5 Å². The van der Waals surface area contributed by atoms with E-state index in [1.54, 1.807) is 0 Å². The lowest BCUT2D eigenvalue weighted by atomic mass is 9.94. The largest absolute Gasteiger partial charge is 0.489 e. The molecule has 1 atom stereocenters. The Morgan fingerprint density at radius 1 is 1.38 bits per heavy atom. The van der Waals surface area contributed by atoms with Gasteiger partial charge in [-0.15, -0.1) is 0 Å². The molecule has 6 nitrogen and oxygen atoms in total. The van der Waals surface area contributed by atoms with E-state index in [1.165, 1.54) is 5.57 Å². The third kappa shape index (κ3) is 2.99. The van der Waals surface area contributed by atoms with Gasteiger partial charge in [-0.3, -0.25) is 4.90 Å². The van der Waals surface area contributed by atoms with Crippen molar-refractivity contribution in [3.8, 4) is 11.8 Å². The number of hydrogen-bond acceptors (Lipinski definition) is 6. The molecule has 9 heteroatoms. The summed E-state index contributed by atoms with van der Waals surface area (Å²) < 4.78 is 27.1. The van der Waals surface area contributed by atoms with Crippen LogP contribution in [0.3, 0.4) is 0 Å². The Labute approximate surface area is 181 Å². The molecule has 5 rings (SSSR count). The van der Waals surface area contributed by atoms with Gasteiger partial charge in [0.25, 0.3) is 0 Å². The minimum atomic E-state index is -0.545. The van der Waals surface area contributed by atoms with Gasteiger partial charge in [0.2, 0.25) is 0 Å². The van der Waals surface area contributed by atoms with Crippen LogP contribution in [-0.4, -0.2) is 60.3 Å². The van der Waals surface area contributed by atoms with E-state index in [9.17, 15) is 0 Å². The summed E-state index contributed by atoms with van der Waals surface area (Å²) in [5.74, 6) is 0.409. The Kier molecular flexibility index (Phi) is 4.64. The van der Waals surface area contributed by atoms with E-state index in [2.05, 4.69) is 37.4 Å². The van der Waals surface area contributed by atoms with Crippen molar-refractivity contribution in [3.63, 3.8) is 0 Å². The minimum Gasteiger partial charge on any atom is -0.489 e. The lowest BCUT2D eigenvalue weighted by Gasteiger charge is -2.31. The van der Waals surface area contributed by atoms with E-state index >= 15 is 4.39 Å². The number of aromatic nitrogens is 2. The number of likely N-dealkylation sites (N-methyl/N-ethyl adjacent to an activating group) is 1. The number of rotatable bonds is 3. The highest BCUT2D eigenvalue weighted by molar-refractivity contribution is 9.10. The Balaban J connectivity index is 1.57. The highest BCUT2D eigenvalue weighted by atomic mass is 79.9. The van der Waals surface area contributed by atoms with Crippen LogP contribution >= 0.6 is 27.5 Å². The monoisotopic (exact) mass is 482 g/mol. The fraction of sp³-hybridized carbons (Fsp3) is 0.500. The van der Waals surface area contributed by atoms with Gasteiger partial charge in [0.1, 0.15) is 29.6 Å². The molecule has 0 aliphatic carbocycles. The maximum absolute atomic E-state index is 15.1. The fourth-order valence-corrected chi connectivity index (χ4v) is 5.32. The first-order chi connectivity index (χ1) is 13.9. The Hall–Kier alpha value is -1.64. The predicted octanol–water partition coefficient (Wildman–Crippen LogP) is 4.19. The molecule has 0 spiro atoms. The predicted molar refractivity (Wildman–Crippen MR) is 114 cm³/mol. The van der Waals surface area contributed by atoms with Crippen LogP contribution in [0.25, 0.3) is 10.9 Å². The third-order valence-electron chi connectivity index (χ3n) is 6.13. The molecule has 29 heavy (non-hydrogen) atoms. The zero-order valence-electron chi connectivity index (χ0n) is 16.1. The van der Waals surface area contributed by atoms with E-state index < -0.39 is 5.82 Å². The first kappa shape index (κ1) is 19.3. The van der Waals surface area contributed by atoms with Gasteiger partial charge < -0.3 is 14.4 Å². The molecule has 0 saturated carbocycles. The Morgan fingerprint density at radius 2 is 2.21 bits per heavy atom. The van der Waals surface area contributed by atoms with E-state index in [-0.39, 0.29) is 26.6 Å². The van der Waals surface area contributed by atoms with Gasteiger partial charge in [-0.2, -0.15) is 9.97 Å². The van der Waals surface area contributed by atoms with E-state index in [1.807, 2.05) is 11.9 Å². The second kappa shape index (κ2) is 6.96. The van der Waals surface area contributed by atoms with Crippen molar-refractivity contribution in [2.75, 3.05) is 44.8 Å². The molecule has 3 aliphatic rings. The van der Waals surface area contributed by atoms with Gasteiger partial charge in [0.15, 0.2) is 11.6 Å². The normalized spacial score (nSPS) is 24.0. The minimum absolute atomic E-state index is 0.0528. The molecule has 2 aromatic rings. The van der Waals surface area contributed by atoms with Crippen LogP contribution in [0.1, 0.15) is 19.3 Å². The number of benzene rings is 1. The first-order valence-corrected chi connectivity index (χ1v) is 10.8. The van der Waals surface area contributed by atoms with Crippen molar-refractivity contribution in [2.24, 2.45) is 0 Å². The highest BCUT2D eigenvalue weighted by Crippen LogP contribution is 2.46. The zero-order chi connectivity index (χ0) is 20.3. The summed E-state index contributed by atoms with van der Waals surface area (Å²) in [6.07, 6.45) is 3.12. The summed E-state index contributed by atoms with van der Waals surface area (Å²) in [5, 5.41) is 0.659. The van der Waals surface area contributed by atoms with Gasteiger partial charge in [-0.1, -0.05) is 23.8 Å². The van der Waals surface area contributed by atoms with Crippen LogP contribution in [0, 0.1) is 5.82 Å². The van der Waals surface area contributed by atoms with Crippen LogP contribution in [0.5, 0.6) is 11.8 Å². The summed E-state index contributed by atoms with van der Waals surface area (Å²) in [6.45, 7) is 7.58. The van der Waals surface area contributed by atoms with Crippen LogP contribution in [0.4, 0.5) is 10.2 Å². The summed E-state index contributed by atoms with van der Waals surface area (Å²) in [5.41, 5.74) is 1.31. The Bertz CT molecular complexity index is 1040. The van der Waals surface area contributed by atoms with Crippen LogP contribution in [-0.2, 0) is 0 Å². The molecule has 0 N–H and O–H groups in total. The number of anilines is 1. The van der Waals surface area contributed by atoms with E-state index in [4.69, 9.17) is 21.1 Å². The van der Waals surface area contributed by atoms with Crippen molar-refractivity contribution in [1.29, 1.82) is 0 Å². The smallest absolute Gasteiger partial charge is 0.319 e. The second-order valence-electron chi connectivity index (χ2n) is 8.06. The molecule has 0 bridgehead atoms. The van der Waals surface area contributed by atoms with E-state index in [0.717, 1.165) is 32.4 Å². The lowest BCUT2D eigenvalue weighted by Crippen LogP contribution is -2.43. The SMILES string of the molecule is C=C1CN2CCC[C@@]2(COc2nc3c4c(c(Cl)c(Br)c(F)c4n2)OCCN3C)C1. The molecule has 2 saturated heterocycles. The number of hydrogen-bond donors (Lipinski definition) is 0. The molecule has 0 radical (unpaired) electrons. The van der Waals surface area contributed by atoms with Crippen molar-refractivity contribution in [1.82, 2.24) is 14.9 Å². The summed E-state index contributed by atoms with van der Waals surface area (Å²) in [7, 11) is 1.89. The molecular formula is C20H21BrClFN4O2. The van der Waals surface area contributed by atoms with Gasteiger partial charge in [0, 0.05) is 13.6 Å². The quantitative estimate of drug-likeness (QED) is 0.482. The lowest BCUT2D eigenvalue weighted by molar-refractivity contribution is 0.108. The average Bonchev–Trinajstić information content (AvgIpc) is 3.16.